The molecule has 0 amide bonds. The van der Waals surface area contributed by atoms with E-state index in [4.69, 9.17) is 0 Å². The molecule has 0 atom stereocenters. The Morgan fingerprint density at radius 1 is 1.25 bits per heavy atom. The molecule has 0 spiro atoms. The molecule has 0 unspecified atom stereocenters. The molecule has 6 heteroatoms. The average molecular weight is 261 g/mol. The van der Waals surface area contributed by atoms with Crippen LogP contribution in [0.1, 0.15) is 27.2 Å². The molecule has 0 saturated carbocycles. The fourth-order valence-corrected chi connectivity index (χ4v) is 0.210. The summed E-state index contributed by atoms with van der Waals surface area (Å²) in [5, 5.41) is 0. The number of hydroxylamine groups is 1. The molecule has 0 aliphatic heterocycles. The minimum atomic E-state index is -4.62. The predicted octanol–water partition coefficient (Wildman–Crippen LogP) is 3.25. The van der Waals surface area contributed by atoms with Crippen LogP contribution < -0.4 is 0 Å². The first-order valence-electron chi connectivity index (χ1n) is 3.48. The molecule has 0 rings (SSSR count). The fourth-order valence-electron chi connectivity index (χ4n) is 0.210. The van der Waals surface area contributed by atoms with Gasteiger partial charge in [0.15, 0.2) is 0 Å². The van der Waals surface area contributed by atoms with Crippen molar-refractivity contribution in [3.05, 3.63) is 5.48 Å². The van der Waals surface area contributed by atoms with E-state index in [2.05, 4.69) is 10.3 Å². The van der Waals surface area contributed by atoms with Crippen LogP contribution in [-0.2, 0) is 37.5 Å². The van der Waals surface area contributed by atoms with E-state index in [9.17, 15) is 13.2 Å². The van der Waals surface area contributed by atoms with Crippen LogP contribution in [0.2, 0.25) is 0 Å². The minimum absolute atomic E-state index is 0. The Morgan fingerprint density at radius 2 is 1.67 bits per heavy atom. The van der Waals surface area contributed by atoms with Gasteiger partial charge in [0.25, 0.3) is 0 Å². The van der Waals surface area contributed by atoms with Crippen LogP contribution in [0.25, 0.3) is 5.48 Å². The summed E-state index contributed by atoms with van der Waals surface area (Å²) in [4.78, 5) is 3.09. The van der Waals surface area contributed by atoms with Gasteiger partial charge in [-0.05, 0) is 0 Å². The molecule has 0 aliphatic carbocycles. The molecule has 0 aromatic heterocycles. The summed E-state index contributed by atoms with van der Waals surface area (Å²) >= 11 is 0. The Bertz CT molecular complexity index is 79.7. The molecule has 73 valence electrons. The molecule has 0 heterocycles. The Labute approximate surface area is 96.1 Å². The summed E-state index contributed by atoms with van der Waals surface area (Å²) in [7, 11) is 0. The smallest absolute Gasteiger partial charge is 0.505 e. The van der Waals surface area contributed by atoms with E-state index in [-0.39, 0.29) is 39.3 Å². The topological polar surface area (TPSA) is 23.3 Å². The standard InChI is InChI=1S/C4H7F3NO.C2H6.Y/c1-2-3-8-9-4(5,6)7;1-2;/h2-3H2,1H3;1-2H3;/q-1;;. The first-order valence-corrected chi connectivity index (χ1v) is 3.48. The normalized spacial score (nSPS) is 9.50. The van der Waals surface area contributed by atoms with Crippen molar-refractivity contribution in [3.63, 3.8) is 0 Å². The number of rotatable bonds is 3. The predicted molar refractivity (Wildman–Crippen MR) is 37.0 cm³/mol. The Kier molecular flexibility index (Phi) is 18.3. The largest absolute Gasteiger partial charge is 0.527 e. The van der Waals surface area contributed by atoms with E-state index in [1.807, 2.05) is 13.8 Å². The maximum atomic E-state index is 11.1. The quantitative estimate of drug-likeness (QED) is 0.565. The van der Waals surface area contributed by atoms with Crippen LogP contribution in [-0.4, -0.2) is 12.9 Å². The Balaban J connectivity index is -0.000000249. The van der Waals surface area contributed by atoms with Crippen molar-refractivity contribution in [2.45, 2.75) is 33.6 Å². The van der Waals surface area contributed by atoms with Gasteiger partial charge in [-0.2, -0.15) is 0 Å². The van der Waals surface area contributed by atoms with Crippen molar-refractivity contribution in [2.24, 2.45) is 0 Å². The monoisotopic (exact) mass is 261 g/mol. The second-order valence-electron chi connectivity index (χ2n) is 1.39. The second kappa shape index (κ2) is 11.8. The summed E-state index contributed by atoms with van der Waals surface area (Å²) in [6, 6.07) is 0. The first-order chi connectivity index (χ1) is 5.06. The zero-order chi connectivity index (χ0) is 9.33. The molecular weight excluding hydrogens is 248 g/mol. The van der Waals surface area contributed by atoms with Crippen LogP contribution in [0.5, 0.6) is 0 Å². The molecular formula is C6H13F3NOY-. The van der Waals surface area contributed by atoms with Gasteiger partial charge < -0.3 is 10.3 Å². The van der Waals surface area contributed by atoms with E-state index in [1.54, 1.807) is 6.92 Å². The molecule has 0 bridgehead atoms. The molecule has 1 radical (unpaired) electrons. The second-order valence-corrected chi connectivity index (χ2v) is 1.39. The summed E-state index contributed by atoms with van der Waals surface area (Å²) in [5.74, 6) is 0. The Hall–Kier alpha value is 0.814. The van der Waals surface area contributed by atoms with Gasteiger partial charge in [0.05, 0.1) is 0 Å². The number of hydrogen-bond acceptors (Lipinski definition) is 1. The number of hydrogen-bond donors (Lipinski definition) is 0. The van der Waals surface area contributed by atoms with Gasteiger partial charge >= 0.3 is 6.36 Å². The van der Waals surface area contributed by atoms with Crippen LogP contribution in [0, 0.1) is 0 Å². The molecule has 0 saturated heterocycles. The number of alkyl halides is 3. The maximum Gasteiger partial charge on any atom is 0.505 e. The van der Waals surface area contributed by atoms with Gasteiger partial charge in [0.1, 0.15) is 0 Å². The zero-order valence-electron chi connectivity index (χ0n) is 7.48. The maximum absolute atomic E-state index is 11.1. The molecule has 0 aliphatic rings. The zero-order valence-corrected chi connectivity index (χ0v) is 10.3. The van der Waals surface area contributed by atoms with Crippen molar-refractivity contribution in [1.82, 2.24) is 0 Å². The van der Waals surface area contributed by atoms with Crippen molar-refractivity contribution in [1.29, 1.82) is 0 Å². The third-order valence-electron chi connectivity index (χ3n) is 0.483. The summed E-state index contributed by atoms with van der Waals surface area (Å²) in [6.07, 6.45) is -4.06. The van der Waals surface area contributed by atoms with Gasteiger partial charge in [-0.1, -0.05) is 27.2 Å². The molecule has 0 aromatic carbocycles. The van der Waals surface area contributed by atoms with Crippen molar-refractivity contribution < 1.29 is 50.7 Å². The van der Waals surface area contributed by atoms with E-state index in [0.29, 0.717) is 6.42 Å². The van der Waals surface area contributed by atoms with Crippen LogP contribution in [0.3, 0.4) is 0 Å². The van der Waals surface area contributed by atoms with E-state index in [1.165, 1.54) is 0 Å². The van der Waals surface area contributed by atoms with Gasteiger partial charge in [0, 0.05) is 32.7 Å². The summed E-state index contributed by atoms with van der Waals surface area (Å²) in [5.41, 5.74) is 2.74. The minimum Gasteiger partial charge on any atom is -0.527 e. The van der Waals surface area contributed by atoms with E-state index in [0.717, 1.165) is 0 Å². The van der Waals surface area contributed by atoms with Crippen molar-refractivity contribution >= 4 is 0 Å². The fraction of sp³-hybridized carbons (Fsp3) is 1.00. The molecule has 12 heavy (non-hydrogen) atoms. The molecule has 2 nitrogen and oxygen atoms in total. The summed E-state index contributed by atoms with van der Waals surface area (Å²) < 4.78 is 33.2. The SMILES string of the molecule is CC.CCC[N-]OC(F)(F)F.[Y]. The van der Waals surface area contributed by atoms with Crippen LogP contribution in [0.15, 0.2) is 0 Å². The van der Waals surface area contributed by atoms with Gasteiger partial charge in [-0.25, -0.2) is 0 Å². The third-order valence-corrected chi connectivity index (χ3v) is 0.483. The third kappa shape index (κ3) is 22.4. The van der Waals surface area contributed by atoms with Gasteiger partial charge in [-0.15, -0.1) is 19.7 Å². The average Bonchev–Trinajstić information content (AvgIpc) is 1.90. The molecule has 0 aromatic rings. The van der Waals surface area contributed by atoms with Gasteiger partial charge in [0.2, 0.25) is 0 Å². The van der Waals surface area contributed by atoms with Crippen molar-refractivity contribution in [3.8, 4) is 0 Å². The Morgan fingerprint density at radius 3 is 1.92 bits per heavy atom. The first kappa shape index (κ1) is 18.6. The number of nitrogens with zero attached hydrogens (tertiary/aromatic N) is 1. The van der Waals surface area contributed by atoms with Crippen LogP contribution in [0.4, 0.5) is 13.2 Å². The van der Waals surface area contributed by atoms with Crippen LogP contribution >= 0.6 is 0 Å². The van der Waals surface area contributed by atoms with Gasteiger partial charge in [-0.3, -0.25) is 0 Å². The van der Waals surface area contributed by atoms with Crippen molar-refractivity contribution in [2.75, 3.05) is 6.54 Å². The molecule has 0 N–H and O–H groups in total. The summed E-state index contributed by atoms with van der Waals surface area (Å²) in [6.45, 7) is 5.79. The number of halogens is 3. The van der Waals surface area contributed by atoms with E-state index < -0.39 is 6.36 Å². The molecule has 0 fully saturated rings. The van der Waals surface area contributed by atoms with E-state index >= 15 is 0 Å².